The van der Waals surface area contributed by atoms with Gasteiger partial charge in [-0.1, -0.05) is 72.8 Å². The molecule has 0 radical (unpaired) electrons. The van der Waals surface area contributed by atoms with Gasteiger partial charge in [-0.3, -0.25) is 0 Å². The van der Waals surface area contributed by atoms with E-state index in [0.29, 0.717) is 6.61 Å². The Kier molecular flexibility index (Phi) is 10.6. The molecule has 32 heavy (non-hydrogen) atoms. The van der Waals surface area contributed by atoms with E-state index in [0.717, 1.165) is 11.1 Å². The van der Waals surface area contributed by atoms with Crippen molar-refractivity contribution in [1.82, 2.24) is 0 Å². The fourth-order valence-corrected chi connectivity index (χ4v) is 2.91. The third kappa shape index (κ3) is 10.2. The number of ether oxygens (including phenoxy) is 4. The summed E-state index contributed by atoms with van der Waals surface area (Å²) in [7, 11) is 0. The number of esters is 1. The van der Waals surface area contributed by atoms with Crippen LogP contribution in [-0.2, 0) is 30.3 Å². The average molecular weight is 443 g/mol. The van der Waals surface area contributed by atoms with Gasteiger partial charge in [0.05, 0.1) is 12.7 Å². The third-order valence-corrected chi connectivity index (χ3v) is 4.42. The van der Waals surface area contributed by atoms with Crippen LogP contribution in [0, 0.1) is 0 Å². The van der Waals surface area contributed by atoms with Crippen molar-refractivity contribution in [3.8, 4) is 0 Å². The highest BCUT2D eigenvalue weighted by molar-refractivity contribution is 5.71. The molecular formula is C26H34O6. The maximum Gasteiger partial charge on any atom is 0.332 e. The van der Waals surface area contributed by atoms with E-state index in [-0.39, 0.29) is 13.4 Å². The highest BCUT2D eigenvalue weighted by atomic mass is 16.7. The van der Waals surface area contributed by atoms with Crippen LogP contribution in [0.25, 0.3) is 6.08 Å². The molecule has 3 atom stereocenters. The molecule has 0 amide bonds. The second-order valence-electron chi connectivity index (χ2n) is 8.45. The molecule has 0 saturated carbocycles. The van der Waals surface area contributed by atoms with Gasteiger partial charge in [-0.05, 0) is 38.8 Å². The van der Waals surface area contributed by atoms with Crippen LogP contribution in [0.1, 0.15) is 38.8 Å². The molecule has 0 aliphatic heterocycles. The van der Waals surface area contributed by atoms with Gasteiger partial charge in [-0.15, -0.1) is 0 Å². The van der Waals surface area contributed by atoms with Gasteiger partial charge in [-0.25, -0.2) is 4.79 Å². The molecular weight excluding hydrogens is 408 g/mol. The predicted octanol–water partition coefficient (Wildman–Crippen LogP) is 4.37. The van der Waals surface area contributed by atoms with Crippen LogP contribution >= 0.6 is 0 Å². The standard InChI is InChI=1S/C26H34O6/c1-20(31-19-29-17-22-13-9-6-10-14-22)25(30-18-24(28)32-26(2,3)4)23(27)16-15-21-11-7-5-8-12-21/h5-16,20,23,25,27H,17-19H2,1-4H3/b16-15+/t20-,23-,25-/m0/s1. The van der Waals surface area contributed by atoms with Crippen molar-refractivity contribution in [3.63, 3.8) is 0 Å². The largest absolute Gasteiger partial charge is 0.458 e. The second kappa shape index (κ2) is 13.1. The molecule has 0 unspecified atom stereocenters. The molecule has 0 fully saturated rings. The molecule has 0 saturated heterocycles. The topological polar surface area (TPSA) is 74.2 Å². The summed E-state index contributed by atoms with van der Waals surface area (Å²) in [5.74, 6) is -0.505. The van der Waals surface area contributed by atoms with Crippen LogP contribution in [-0.4, -0.2) is 48.4 Å². The molecule has 6 nitrogen and oxygen atoms in total. The van der Waals surface area contributed by atoms with E-state index in [2.05, 4.69) is 0 Å². The maximum atomic E-state index is 12.1. The number of carbonyl (C=O) groups excluding carboxylic acids is 1. The van der Waals surface area contributed by atoms with Gasteiger partial charge in [0.25, 0.3) is 0 Å². The molecule has 174 valence electrons. The van der Waals surface area contributed by atoms with Crippen molar-refractivity contribution < 1.29 is 28.8 Å². The Morgan fingerprint density at radius 3 is 2.25 bits per heavy atom. The second-order valence-corrected chi connectivity index (χ2v) is 8.45. The van der Waals surface area contributed by atoms with Gasteiger partial charge < -0.3 is 24.1 Å². The van der Waals surface area contributed by atoms with Crippen molar-refractivity contribution >= 4 is 12.0 Å². The highest BCUT2D eigenvalue weighted by Gasteiger charge is 2.27. The van der Waals surface area contributed by atoms with E-state index in [1.807, 2.05) is 60.7 Å². The van der Waals surface area contributed by atoms with Crippen LogP contribution in [0.2, 0.25) is 0 Å². The molecule has 2 aromatic carbocycles. The van der Waals surface area contributed by atoms with Crippen molar-refractivity contribution in [2.75, 3.05) is 13.4 Å². The van der Waals surface area contributed by atoms with Gasteiger partial charge in [0.2, 0.25) is 0 Å². The normalized spacial score (nSPS) is 14.8. The van der Waals surface area contributed by atoms with E-state index < -0.39 is 29.9 Å². The van der Waals surface area contributed by atoms with Gasteiger partial charge in [0.15, 0.2) is 0 Å². The third-order valence-electron chi connectivity index (χ3n) is 4.42. The Hall–Kier alpha value is -2.51. The van der Waals surface area contributed by atoms with Gasteiger partial charge in [0.1, 0.15) is 31.2 Å². The monoisotopic (exact) mass is 442 g/mol. The first-order chi connectivity index (χ1) is 15.2. The smallest absolute Gasteiger partial charge is 0.332 e. The number of aliphatic hydroxyl groups excluding tert-OH is 1. The zero-order valence-electron chi connectivity index (χ0n) is 19.3. The molecule has 0 heterocycles. The quantitative estimate of drug-likeness (QED) is 0.299. The molecule has 0 bridgehead atoms. The van der Waals surface area contributed by atoms with Crippen LogP contribution in [0.15, 0.2) is 66.7 Å². The van der Waals surface area contributed by atoms with E-state index in [9.17, 15) is 9.90 Å². The van der Waals surface area contributed by atoms with Crippen molar-refractivity contribution in [2.24, 2.45) is 0 Å². The molecule has 2 rings (SSSR count). The number of carbonyl (C=O) groups is 1. The Balaban J connectivity index is 1.94. The SMILES string of the molecule is C[C@H](OCOCc1ccccc1)[C@H](OCC(=O)OC(C)(C)C)[C@@H](O)/C=C/c1ccccc1. The molecule has 2 aromatic rings. The molecule has 0 spiro atoms. The molecule has 0 aliphatic rings. The van der Waals surface area contributed by atoms with E-state index in [4.69, 9.17) is 18.9 Å². The molecule has 6 heteroatoms. The summed E-state index contributed by atoms with van der Waals surface area (Å²) in [4.78, 5) is 12.1. The van der Waals surface area contributed by atoms with Crippen molar-refractivity contribution in [2.45, 2.75) is 58.2 Å². The first-order valence-electron chi connectivity index (χ1n) is 10.7. The summed E-state index contributed by atoms with van der Waals surface area (Å²) in [5.41, 5.74) is 1.36. The fraction of sp³-hybridized carbons (Fsp3) is 0.423. The van der Waals surface area contributed by atoms with Crippen LogP contribution < -0.4 is 0 Å². The van der Waals surface area contributed by atoms with Crippen molar-refractivity contribution in [3.05, 3.63) is 77.9 Å². The lowest BCUT2D eigenvalue weighted by Crippen LogP contribution is -2.41. The summed E-state index contributed by atoms with van der Waals surface area (Å²) in [6.07, 6.45) is 1.10. The lowest BCUT2D eigenvalue weighted by atomic mass is 10.1. The first kappa shape index (κ1) is 25.7. The van der Waals surface area contributed by atoms with Gasteiger partial charge in [0, 0.05) is 0 Å². The lowest BCUT2D eigenvalue weighted by molar-refractivity contribution is -0.176. The summed E-state index contributed by atoms with van der Waals surface area (Å²) >= 11 is 0. The van der Waals surface area contributed by atoms with E-state index in [1.54, 1.807) is 39.8 Å². The summed E-state index contributed by atoms with van der Waals surface area (Å²) < 4.78 is 22.3. The maximum absolute atomic E-state index is 12.1. The van der Waals surface area contributed by atoms with E-state index in [1.165, 1.54) is 0 Å². The zero-order valence-corrected chi connectivity index (χ0v) is 19.3. The van der Waals surface area contributed by atoms with Crippen LogP contribution in [0.4, 0.5) is 0 Å². The number of benzene rings is 2. The Bertz CT molecular complexity index is 813. The Morgan fingerprint density at radius 2 is 1.62 bits per heavy atom. The summed E-state index contributed by atoms with van der Waals surface area (Å²) in [5, 5.41) is 10.7. The van der Waals surface area contributed by atoms with E-state index >= 15 is 0 Å². The number of aliphatic hydroxyl groups is 1. The lowest BCUT2D eigenvalue weighted by Gasteiger charge is -2.28. The predicted molar refractivity (Wildman–Crippen MR) is 124 cm³/mol. The summed E-state index contributed by atoms with van der Waals surface area (Å²) in [6, 6.07) is 19.4. The summed E-state index contributed by atoms with van der Waals surface area (Å²) in [6.45, 7) is 7.27. The minimum Gasteiger partial charge on any atom is -0.458 e. The van der Waals surface area contributed by atoms with Crippen molar-refractivity contribution in [1.29, 1.82) is 0 Å². The Morgan fingerprint density at radius 1 is 1.00 bits per heavy atom. The minimum atomic E-state index is -0.998. The van der Waals surface area contributed by atoms with Gasteiger partial charge in [-0.2, -0.15) is 0 Å². The highest BCUT2D eigenvalue weighted by Crippen LogP contribution is 2.14. The molecule has 0 aliphatic carbocycles. The minimum absolute atomic E-state index is 0.0253. The molecule has 0 aromatic heterocycles. The fourth-order valence-electron chi connectivity index (χ4n) is 2.91. The van der Waals surface area contributed by atoms with Crippen LogP contribution in [0.3, 0.4) is 0 Å². The average Bonchev–Trinajstić information content (AvgIpc) is 2.75. The number of rotatable bonds is 12. The number of hydrogen-bond donors (Lipinski definition) is 1. The molecule has 1 N–H and O–H groups in total. The first-order valence-corrected chi connectivity index (χ1v) is 10.7. The van der Waals surface area contributed by atoms with Gasteiger partial charge >= 0.3 is 5.97 Å². The number of hydrogen-bond acceptors (Lipinski definition) is 6. The zero-order chi connectivity index (χ0) is 23.4. The van der Waals surface area contributed by atoms with Crippen LogP contribution in [0.5, 0.6) is 0 Å². The Labute approximate surface area is 190 Å².